The van der Waals surface area contributed by atoms with Crippen LogP contribution >= 0.6 is 0 Å². The van der Waals surface area contributed by atoms with Gasteiger partial charge in [0, 0.05) is 18.8 Å². The summed E-state index contributed by atoms with van der Waals surface area (Å²) in [6, 6.07) is 3.17. The molecule has 8 heteroatoms. The SMILES string of the molecule is O=c1cc(-c2noc(-c3ccnn3CC3CC3)n2)nc[nH]1. The average molecular weight is 284 g/mol. The highest BCUT2D eigenvalue weighted by molar-refractivity contribution is 5.53. The molecule has 0 unspecified atom stereocenters. The molecule has 1 aliphatic rings. The van der Waals surface area contributed by atoms with Crippen molar-refractivity contribution in [3.8, 4) is 23.1 Å². The molecular formula is C13H12N6O2. The van der Waals surface area contributed by atoms with Crippen molar-refractivity contribution in [2.24, 2.45) is 5.92 Å². The van der Waals surface area contributed by atoms with Crippen molar-refractivity contribution in [2.45, 2.75) is 19.4 Å². The fraction of sp³-hybridized carbons (Fsp3) is 0.308. The van der Waals surface area contributed by atoms with E-state index in [2.05, 4.69) is 25.2 Å². The molecule has 0 aliphatic heterocycles. The predicted molar refractivity (Wildman–Crippen MR) is 72.1 cm³/mol. The van der Waals surface area contributed by atoms with Gasteiger partial charge in [0.2, 0.25) is 5.82 Å². The fourth-order valence-electron chi connectivity index (χ4n) is 2.13. The zero-order valence-corrected chi connectivity index (χ0v) is 11.1. The monoisotopic (exact) mass is 284 g/mol. The zero-order chi connectivity index (χ0) is 14.2. The lowest BCUT2D eigenvalue weighted by Crippen LogP contribution is -2.05. The fourth-order valence-corrected chi connectivity index (χ4v) is 2.13. The average Bonchev–Trinajstić information content (AvgIpc) is 2.99. The van der Waals surface area contributed by atoms with Gasteiger partial charge < -0.3 is 9.51 Å². The van der Waals surface area contributed by atoms with Gasteiger partial charge in [0.05, 0.1) is 6.33 Å². The van der Waals surface area contributed by atoms with Gasteiger partial charge in [0.25, 0.3) is 11.4 Å². The Morgan fingerprint density at radius 2 is 2.33 bits per heavy atom. The van der Waals surface area contributed by atoms with Gasteiger partial charge in [-0.1, -0.05) is 5.16 Å². The Hall–Kier alpha value is -2.77. The van der Waals surface area contributed by atoms with E-state index in [9.17, 15) is 4.79 Å². The quantitative estimate of drug-likeness (QED) is 0.769. The Kier molecular flexibility index (Phi) is 2.66. The molecule has 3 aromatic heterocycles. The molecule has 0 saturated heterocycles. The summed E-state index contributed by atoms with van der Waals surface area (Å²) < 4.78 is 7.15. The number of hydrogen-bond acceptors (Lipinski definition) is 6. The van der Waals surface area contributed by atoms with Crippen LogP contribution in [-0.4, -0.2) is 29.9 Å². The van der Waals surface area contributed by atoms with E-state index in [4.69, 9.17) is 4.52 Å². The summed E-state index contributed by atoms with van der Waals surface area (Å²) in [7, 11) is 0. The summed E-state index contributed by atoms with van der Waals surface area (Å²) in [6.07, 6.45) is 5.51. The van der Waals surface area contributed by atoms with Crippen LogP contribution in [0.25, 0.3) is 23.1 Å². The van der Waals surface area contributed by atoms with Gasteiger partial charge in [-0.15, -0.1) is 0 Å². The molecule has 3 heterocycles. The summed E-state index contributed by atoms with van der Waals surface area (Å²) in [4.78, 5) is 22.1. The van der Waals surface area contributed by atoms with Crippen molar-refractivity contribution < 1.29 is 4.52 Å². The second kappa shape index (κ2) is 4.65. The van der Waals surface area contributed by atoms with Crippen molar-refractivity contribution in [3.63, 3.8) is 0 Å². The van der Waals surface area contributed by atoms with E-state index < -0.39 is 0 Å². The van der Waals surface area contributed by atoms with Crippen LogP contribution in [0.3, 0.4) is 0 Å². The van der Waals surface area contributed by atoms with Crippen molar-refractivity contribution in [3.05, 3.63) is 35.0 Å². The summed E-state index contributed by atoms with van der Waals surface area (Å²) in [5.74, 6) is 1.36. The summed E-state index contributed by atoms with van der Waals surface area (Å²) in [5, 5.41) is 8.16. The Balaban J connectivity index is 1.68. The van der Waals surface area contributed by atoms with Crippen molar-refractivity contribution in [2.75, 3.05) is 0 Å². The number of nitrogens with zero attached hydrogens (tertiary/aromatic N) is 5. The van der Waals surface area contributed by atoms with Crippen LogP contribution < -0.4 is 5.56 Å². The lowest BCUT2D eigenvalue weighted by molar-refractivity contribution is 0.425. The Bertz CT molecular complexity index is 829. The molecule has 1 N–H and O–H groups in total. The molecule has 1 aliphatic carbocycles. The van der Waals surface area contributed by atoms with E-state index >= 15 is 0 Å². The molecule has 1 fully saturated rings. The lowest BCUT2D eigenvalue weighted by atomic mass is 10.3. The summed E-state index contributed by atoms with van der Waals surface area (Å²) >= 11 is 0. The molecule has 4 rings (SSSR count). The molecule has 0 atom stereocenters. The minimum absolute atomic E-state index is 0.259. The van der Waals surface area contributed by atoms with Crippen molar-refractivity contribution in [1.82, 2.24) is 29.9 Å². The molecular weight excluding hydrogens is 272 g/mol. The second-order valence-corrected chi connectivity index (χ2v) is 5.06. The van der Waals surface area contributed by atoms with Gasteiger partial charge in [0.15, 0.2) is 0 Å². The van der Waals surface area contributed by atoms with Gasteiger partial charge in [0.1, 0.15) is 11.4 Å². The molecule has 1 saturated carbocycles. The minimum atomic E-state index is -0.259. The molecule has 3 aromatic rings. The van der Waals surface area contributed by atoms with Crippen LogP contribution in [0, 0.1) is 5.92 Å². The first-order valence-electron chi connectivity index (χ1n) is 6.70. The predicted octanol–water partition coefficient (Wildman–Crippen LogP) is 1.09. The molecule has 8 nitrogen and oxygen atoms in total. The van der Waals surface area contributed by atoms with Crippen LogP contribution in [-0.2, 0) is 6.54 Å². The normalized spacial score (nSPS) is 14.5. The van der Waals surface area contributed by atoms with Gasteiger partial charge in [-0.2, -0.15) is 10.1 Å². The largest absolute Gasteiger partial charge is 0.332 e. The van der Waals surface area contributed by atoms with E-state index in [1.807, 2.05) is 10.7 Å². The topological polar surface area (TPSA) is 102 Å². The maximum Gasteiger partial charge on any atom is 0.276 e. The molecule has 0 radical (unpaired) electrons. The van der Waals surface area contributed by atoms with Crippen LogP contribution in [0.1, 0.15) is 12.8 Å². The third kappa shape index (κ3) is 2.35. The molecule has 0 spiro atoms. The van der Waals surface area contributed by atoms with Crippen LogP contribution in [0.2, 0.25) is 0 Å². The number of H-pyrrole nitrogens is 1. The van der Waals surface area contributed by atoms with E-state index in [-0.39, 0.29) is 11.4 Å². The highest BCUT2D eigenvalue weighted by Gasteiger charge is 2.24. The summed E-state index contributed by atoms with van der Waals surface area (Å²) in [5.41, 5.74) is 0.901. The Morgan fingerprint density at radius 3 is 3.14 bits per heavy atom. The number of aromatic amines is 1. The molecule has 0 amide bonds. The molecule has 21 heavy (non-hydrogen) atoms. The minimum Gasteiger partial charge on any atom is -0.332 e. The molecule has 0 aromatic carbocycles. The van der Waals surface area contributed by atoms with Crippen LogP contribution in [0.4, 0.5) is 0 Å². The smallest absolute Gasteiger partial charge is 0.276 e. The molecule has 0 bridgehead atoms. The van der Waals surface area contributed by atoms with E-state index in [0.717, 1.165) is 12.2 Å². The van der Waals surface area contributed by atoms with Gasteiger partial charge >= 0.3 is 0 Å². The third-order valence-corrected chi connectivity index (χ3v) is 3.40. The van der Waals surface area contributed by atoms with E-state index in [0.29, 0.717) is 17.5 Å². The first-order chi connectivity index (χ1) is 10.3. The van der Waals surface area contributed by atoms with E-state index in [1.54, 1.807) is 6.20 Å². The number of nitrogens with one attached hydrogen (secondary N) is 1. The van der Waals surface area contributed by atoms with Crippen molar-refractivity contribution in [1.29, 1.82) is 0 Å². The number of hydrogen-bond donors (Lipinski definition) is 1. The Labute approximate surface area is 118 Å². The zero-order valence-electron chi connectivity index (χ0n) is 11.1. The molecule has 106 valence electrons. The first-order valence-corrected chi connectivity index (χ1v) is 6.70. The van der Waals surface area contributed by atoms with E-state index in [1.165, 1.54) is 25.2 Å². The highest BCUT2D eigenvalue weighted by Crippen LogP contribution is 2.32. The number of aromatic nitrogens is 6. The Morgan fingerprint density at radius 1 is 1.43 bits per heavy atom. The maximum absolute atomic E-state index is 11.3. The highest BCUT2D eigenvalue weighted by atomic mass is 16.5. The number of rotatable bonds is 4. The van der Waals surface area contributed by atoms with Gasteiger partial charge in [-0.25, -0.2) is 4.98 Å². The van der Waals surface area contributed by atoms with Crippen molar-refractivity contribution >= 4 is 0 Å². The van der Waals surface area contributed by atoms with Crippen LogP contribution in [0.5, 0.6) is 0 Å². The van der Waals surface area contributed by atoms with Crippen LogP contribution in [0.15, 0.2) is 34.0 Å². The maximum atomic E-state index is 11.3. The first kappa shape index (κ1) is 12.0. The van der Waals surface area contributed by atoms with Gasteiger partial charge in [-0.3, -0.25) is 9.48 Å². The lowest BCUT2D eigenvalue weighted by Gasteiger charge is -2.01. The second-order valence-electron chi connectivity index (χ2n) is 5.06. The third-order valence-electron chi connectivity index (χ3n) is 3.40. The summed E-state index contributed by atoms with van der Waals surface area (Å²) in [6.45, 7) is 0.864. The van der Waals surface area contributed by atoms with Gasteiger partial charge in [-0.05, 0) is 24.8 Å². The standard InChI is InChI=1S/C13H12N6O2/c20-11-5-9(14-7-15-11)12-17-13(21-18-12)10-3-4-16-19(10)6-8-1-2-8/h3-5,7-8H,1-2,6H2,(H,14,15,20).